The lowest BCUT2D eigenvalue weighted by atomic mass is 9.78. The minimum Gasteiger partial charge on any atom is -0.393 e. The molecule has 6 heteroatoms. The molecule has 6 nitrogen and oxygen atoms in total. The van der Waals surface area contributed by atoms with Gasteiger partial charge in [0.15, 0.2) is 0 Å². The number of carbonyl (C=O) groups is 2. The van der Waals surface area contributed by atoms with Crippen LogP contribution in [0.1, 0.15) is 54.9 Å². The largest absolute Gasteiger partial charge is 0.393 e. The molecule has 0 aromatic rings. The number of hydrogen-bond acceptors (Lipinski definition) is 5. The first-order chi connectivity index (χ1) is 10.3. The van der Waals surface area contributed by atoms with Crippen LogP contribution in [0.25, 0.3) is 0 Å². The van der Waals surface area contributed by atoms with Crippen LogP contribution in [-0.2, 0) is 14.5 Å². The van der Waals surface area contributed by atoms with Crippen molar-refractivity contribution >= 4 is 11.9 Å². The Hall–Kier alpha value is -1.40. The molecule has 0 bridgehead atoms. The fourth-order valence-corrected chi connectivity index (χ4v) is 2.78. The van der Waals surface area contributed by atoms with Gasteiger partial charge in [0.25, 0.3) is 0 Å². The van der Waals surface area contributed by atoms with Crippen LogP contribution in [0.2, 0.25) is 0 Å². The van der Waals surface area contributed by atoms with Gasteiger partial charge in [-0.25, -0.2) is 4.79 Å². The second-order valence-electron chi connectivity index (χ2n) is 5.37. The molecule has 0 aliphatic carbocycles. The molecule has 2 N–H and O–H groups in total. The second kappa shape index (κ2) is 8.90. The van der Waals surface area contributed by atoms with Crippen molar-refractivity contribution in [2.45, 2.75) is 67.0 Å². The lowest BCUT2D eigenvalue weighted by Gasteiger charge is -2.46. The van der Waals surface area contributed by atoms with Crippen molar-refractivity contribution in [3.63, 3.8) is 0 Å². The Morgan fingerprint density at radius 3 is 2.18 bits per heavy atom. The number of amides is 1. The van der Waals surface area contributed by atoms with E-state index < -0.39 is 18.0 Å². The topological polar surface area (TPSA) is 87.1 Å². The first-order valence-electron chi connectivity index (χ1n) is 7.90. The second-order valence-corrected chi connectivity index (χ2v) is 5.37. The maximum absolute atomic E-state index is 11.8. The lowest BCUT2D eigenvalue weighted by Crippen LogP contribution is -2.63. The predicted molar refractivity (Wildman–Crippen MR) is 83.7 cm³/mol. The zero-order valence-corrected chi connectivity index (χ0v) is 14.6. The van der Waals surface area contributed by atoms with Gasteiger partial charge >= 0.3 is 5.97 Å². The Morgan fingerprint density at radius 2 is 1.82 bits per heavy atom. The molecular formula is C16H29NO5. The first-order valence-corrected chi connectivity index (χ1v) is 7.90. The van der Waals surface area contributed by atoms with Gasteiger partial charge in [0.05, 0.1) is 18.1 Å². The van der Waals surface area contributed by atoms with Gasteiger partial charge in [-0.2, -0.15) is 5.26 Å². The van der Waals surface area contributed by atoms with Gasteiger partial charge in [0.1, 0.15) is 5.70 Å². The van der Waals surface area contributed by atoms with E-state index in [2.05, 4.69) is 18.7 Å². The van der Waals surface area contributed by atoms with E-state index in [9.17, 15) is 14.7 Å². The van der Waals surface area contributed by atoms with E-state index in [-0.39, 0.29) is 23.6 Å². The quantitative estimate of drug-likeness (QED) is 0.464. The molecule has 2 heterocycles. The number of fused-ring (bicyclic) bond motifs is 1. The maximum atomic E-state index is 11.8. The van der Waals surface area contributed by atoms with E-state index in [0.717, 1.165) is 0 Å². The summed E-state index contributed by atoms with van der Waals surface area (Å²) in [5, 5.41) is 18.0. The average Bonchev–Trinajstić information content (AvgIpc) is 2.70. The van der Waals surface area contributed by atoms with Crippen LogP contribution in [0, 0.1) is 11.8 Å². The molecule has 4 atom stereocenters. The highest BCUT2D eigenvalue weighted by Crippen LogP contribution is 2.46. The predicted octanol–water partition coefficient (Wildman–Crippen LogP) is 2.58. The van der Waals surface area contributed by atoms with Crippen LogP contribution < -0.4 is 0 Å². The lowest BCUT2D eigenvalue weighted by molar-refractivity contribution is -0.232. The first kappa shape index (κ1) is 20.6. The highest BCUT2D eigenvalue weighted by atomic mass is 17.1. The molecule has 2 aliphatic rings. The van der Waals surface area contributed by atoms with E-state index in [1.807, 2.05) is 20.8 Å². The van der Waals surface area contributed by atoms with E-state index in [1.54, 1.807) is 13.8 Å². The SMILES string of the molecule is CC.CC1=C(C(=O)OO)N2C(=O)C(C(C)O)C2C1C.CCC. The summed E-state index contributed by atoms with van der Waals surface area (Å²) >= 11 is 0. The third-order valence-electron chi connectivity index (χ3n) is 3.79. The molecule has 0 spiro atoms. The number of carbonyl (C=O) groups excluding carboxylic acids is 2. The molecule has 1 amide bonds. The molecule has 128 valence electrons. The summed E-state index contributed by atoms with van der Waals surface area (Å²) in [5.74, 6) is -1.73. The van der Waals surface area contributed by atoms with Crippen molar-refractivity contribution in [3.8, 4) is 0 Å². The molecule has 1 fully saturated rings. The van der Waals surface area contributed by atoms with Gasteiger partial charge in [0.2, 0.25) is 5.91 Å². The fourth-order valence-electron chi connectivity index (χ4n) is 2.78. The Bertz CT molecular complexity index is 430. The van der Waals surface area contributed by atoms with E-state index in [4.69, 9.17) is 5.26 Å². The summed E-state index contributed by atoms with van der Waals surface area (Å²) in [4.78, 5) is 28.3. The number of β-lactam (4-membered cyclic amide) rings is 1. The smallest absolute Gasteiger partial charge is 0.389 e. The summed E-state index contributed by atoms with van der Waals surface area (Å²) < 4.78 is 0. The van der Waals surface area contributed by atoms with Crippen LogP contribution in [0.5, 0.6) is 0 Å². The van der Waals surface area contributed by atoms with Crippen LogP contribution in [0.3, 0.4) is 0 Å². The summed E-state index contributed by atoms with van der Waals surface area (Å²) in [7, 11) is 0. The summed E-state index contributed by atoms with van der Waals surface area (Å²) in [6.07, 6.45) is 0.503. The Balaban J connectivity index is 0.000000789. The number of aliphatic hydroxyl groups excluding tert-OH is 1. The molecule has 22 heavy (non-hydrogen) atoms. The zero-order valence-electron chi connectivity index (χ0n) is 14.6. The van der Waals surface area contributed by atoms with E-state index in [0.29, 0.717) is 5.57 Å². The molecule has 2 aliphatic heterocycles. The van der Waals surface area contributed by atoms with Crippen molar-refractivity contribution in [2.75, 3.05) is 0 Å². The van der Waals surface area contributed by atoms with Gasteiger partial charge in [-0.15, -0.1) is 0 Å². The van der Waals surface area contributed by atoms with Crippen molar-refractivity contribution in [3.05, 3.63) is 11.3 Å². The normalized spacial score (nSPS) is 26.9. The summed E-state index contributed by atoms with van der Waals surface area (Å²) in [6, 6.07) is -0.211. The van der Waals surface area contributed by atoms with Gasteiger partial charge in [0, 0.05) is 5.92 Å². The molecule has 2 rings (SSSR count). The Morgan fingerprint density at radius 1 is 1.36 bits per heavy atom. The molecule has 0 aromatic heterocycles. The van der Waals surface area contributed by atoms with Crippen LogP contribution in [0.4, 0.5) is 0 Å². The Kier molecular flexibility index (Phi) is 8.34. The van der Waals surface area contributed by atoms with Gasteiger partial charge in [-0.1, -0.05) is 41.0 Å². The van der Waals surface area contributed by atoms with Crippen LogP contribution in [-0.4, -0.2) is 39.3 Å². The van der Waals surface area contributed by atoms with Gasteiger partial charge in [-0.05, 0) is 19.4 Å². The zero-order chi connectivity index (χ0) is 17.6. The van der Waals surface area contributed by atoms with E-state index >= 15 is 0 Å². The minimum atomic E-state index is -0.922. The third kappa shape index (κ3) is 3.50. The number of rotatable bonds is 2. The maximum Gasteiger partial charge on any atom is 0.389 e. The average molecular weight is 315 g/mol. The number of nitrogens with zero attached hydrogens (tertiary/aromatic N) is 1. The van der Waals surface area contributed by atoms with Gasteiger partial charge in [-0.3, -0.25) is 9.68 Å². The van der Waals surface area contributed by atoms with E-state index in [1.165, 1.54) is 11.3 Å². The monoisotopic (exact) mass is 315 g/mol. The molecule has 4 unspecified atom stereocenters. The number of hydrogen-bond donors (Lipinski definition) is 2. The molecule has 1 saturated heterocycles. The third-order valence-corrected chi connectivity index (χ3v) is 3.79. The minimum absolute atomic E-state index is 0.0265. The van der Waals surface area contributed by atoms with Crippen molar-refractivity contribution in [2.24, 2.45) is 11.8 Å². The van der Waals surface area contributed by atoms with Gasteiger partial charge < -0.3 is 10.0 Å². The standard InChI is InChI=1S/C11H15NO5.C3H8.C2H6/c1-4-5(2)9(11(15)17-16)12-8(4)7(6(3)13)10(12)14;1-3-2;1-2/h4,6-8,13,16H,1-3H3;3H2,1-2H3;1-2H3. The molecule has 0 radical (unpaired) electrons. The van der Waals surface area contributed by atoms with Crippen molar-refractivity contribution in [1.29, 1.82) is 0 Å². The molecule has 0 saturated carbocycles. The van der Waals surface area contributed by atoms with Crippen molar-refractivity contribution in [1.82, 2.24) is 4.90 Å². The summed E-state index contributed by atoms with van der Waals surface area (Å²) in [6.45, 7) is 13.4. The highest BCUT2D eigenvalue weighted by molar-refractivity contribution is 6.00. The number of aliphatic hydroxyl groups is 1. The summed E-state index contributed by atoms with van der Waals surface area (Å²) in [5.41, 5.74) is 0.803. The van der Waals surface area contributed by atoms with Crippen molar-refractivity contribution < 1.29 is 24.8 Å². The highest BCUT2D eigenvalue weighted by Gasteiger charge is 2.59. The molecule has 0 aromatic carbocycles. The van der Waals surface area contributed by atoms with Crippen LogP contribution in [0.15, 0.2) is 11.3 Å². The Labute approximate surface area is 132 Å². The molecular weight excluding hydrogens is 286 g/mol. The fraction of sp³-hybridized carbons (Fsp3) is 0.750. The van der Waals surface area contributed by atoms with Crippen LogP contribution >= 0.6 is 0 Å².